The Hall–Kier alpha value is -2.37. The third kappa shape index (κ3) is 4.42. The molecule has 19 heavy (non-hydrogen) atoms. The van der Waals surface area contributed by atoms with E-state index in [1.165, 1.54) is 0 Å². The zero-order valence-electron chi connectivity index (χ0n) is 10.6. The molecular weight excluding hydrogens is 246 g/mol. The van der Waals surface area contributed by atoms with Crippen LogP contribution in [-0.2, 0) is 17.8 Å². The van der Waals surface area contributed by atoms with Crippen molar-refractivity contribution in [3.63, 3.8) is 0 Å². The van der Waals surface area contributed by atoms with Gasteiger partial charge in [0.1, 0.15) is 6.61 Å². The second-order valence-electron chi connectivity index (χ2n) is 3.95. The van der Waals surface area contributed by atoms with Gasteiger partial charge in [0.2, 0.25) is 11.8 Å². The van der Waals surface area contributed by atoms with Crippen LogP contribution < -0.4 is 5.32 Å². The zero-order chi connectivity index (χ0) is 13.5. The third-order valence-corrected chi connectivity index (χ3v) is 2.39. The van der Waals surface area contributed by atoms with Crippen LogP contribution >= 0.6 is 0 Å². The Balaban J connectivity index is 1.65. The molecule has 0 unspecified atom stereocenters. The molecule has 100 valence electrons. The van der Waals surface area contributed by atoms with Gasteiger partial charge in [-0.3, -0.25) is 0 Å². The van der Waals surface area contributed by atoms with Gasteiger partial charge in [0, 0.05) is 19.9 Å². The molecule has 0 spiro atoms. The van der Waals surface area contributed by atoms with Gasteiger partial charge in [0.05, 0.1) is 0 Å². The summed E-state index contributed by atoms with van der Waals surface area (Å²) in [5.41, 5.74) is 0.949. The number of aryl methyl sites for hydroxylation is 1. The summed E-state index contributed by atoms with van der Waals surface area (Å²) < 4.78 is 10.2. The molecule has 0 atom stereocenters. The second-order valence-corrected chi connectivity index (χ2v) is 3.95. The molecule has 1 heterocycles. The van der Waals surface area contributed by atoms with E-state index in [2.05, 4.69) is 15.5 Å². The van der Waals surface area contributed by atoms with Crippen LogP contribution in [0.15, 0.2) is 34.7 Å². The van der Waals surface area contributed by atoms with Gasteiger partial charge >= 0.3 is 6.09 Å². The van der Waals surface area contributed by atoms with Crippen molar-refractivity contribution >= 4 is 6.09 Å². The molecule has 0 saturated heterocycles. The molecule has 1 aromatic carbocycles. The van der Waals surface area contributed by atoms with Gasteiger partial charge in [-0.05, 0) is 5.56 Å². The molecule has 0 aliphatic heterocycles. The van der Waals surface area contributed by atoms with Crippen molar-refractivity contribution in [2.75, 3.05) is 6.54 Å². The first-order valence-corrected chi connectivity index (χ1v) is 5.97. The van der Waals surface area contributed by atoms with Gasteiger partial charge in [-0.1, -0.05) is 30.3 Å². The number of carbonyl (C=O) groups is 1. The molecule has 1 aromatic heterocycles. The minimum atomic E-state index is -0.458. The van der Waals surface area contributed by atoms with E-state index in [0.29, 0.717) is 24.7 Å². The number of aromatic nitrogens is 2. The molecule has 6 heteroatoms. The summed E-state index contributed by atoms with van der Waals surface area (Å²) in [6.45, 7) is 2.37. The maximum Gasteiger partial charge on any atom is 0.407 e. The highest BCUT2D eigenvalue weighted by Crippen LogP contribution is 2.01. The Morgan fingerprint density at radius 1 is 1.32 bits per heavy atom. The lowest BCUT2D eigenvalue weighted by atomic mass is 10.2. The SMILES string of the molecule is Cc1nnc(CCNC(=O)OCc2ccccc2)o1. The first-order chi connectivity index (χ1) is 9.24. The van der Waals surface area contributed by atoms with Gasteiger partial charge in [-0.2, -0.15) is 0 Å². The van der Waals surface area contributed by atoms with Crippen LogP contribution in [0.2, 0.25) is 0 Å². The van der Waals surface area contributed by atoms with E-state index >= 15 is 0 Å². The molecule has 2 aromatic rings. The van der Waals surface area contributed by atoms with Gasteiger partial charge in [0.15, 0.2) is 0 Å². The van der Waals surface area contributed by atoms with E-state index in [9.17, 15) is 4.79 Å². The van der Waals surface area contributed by atoms with Crippen molar-refractivity contribution in [2.24, 2.45) is 0 Å². The Bertz CT molecular complexity index is 525. The van der Waals surface area contributed by atoms with E-state index in [1.54, 1.807) is 6.92 Å². The maximum absolute atomic E-state index is 11.4. The standard InChI is InChI=1S/C13H15N3O3/c1-10-15-16-12(19-10)7-8-14-13(17)18-9-11-5-3-2-4-6-11/h2-6H,7-9H2,1H3,(H,14,17). The van der Waals surface area contributed by atoms with E-state index in [1.807, 2.05) is 30.3 Å². The van der Waals surface area contributed by atoms with Gasteiger partial charge in [-0.15, -0.1) is 10.2 Å². The molecule has 0 bridgehead atoms. The molecule has 0 aliphatic rings. The highest BCUT2D eigenvalue weighted by molar-refractivity contribution is 5.67. The van der Waals surface area contributed by atoms with Gasteiger partial charge in [-0.25, -0.2) is 4.79 Å². The summed E-state index contributed by atoms with van der Waals surface area (Å²) in [6, 6.07) is 9.50. The summed E-state index contributed by atoms with van der Waals surface area (Å²) in [4.78, 5) is 11.4. The van der Waals surface area contributed by atoms with E-state index in [4.69, 9.17) is 9.15 Å². The van der Waals surface area contributed by atoms with Crippen LogP contribution in [-0.4, -0.2) is 22.8 Å². The van der Waals surface area contributed by atoms with Crippen LogP contribution in [0.4, 0.5) is 4.79 Å². The highest BCUT2D eigenvalue weighted by Gasteiger charge is 2.05. The van der Waals surface area contributed by atoms with Gasteiger partial charge in [0.25, 0.3) is 0 Å². The molecule has 0 radical (unpaired) electrons. The molecule has 2 rings (SSSR count). The Morgan fingerprint density at radius 2 is 2.11 bits per heavy atom. The molecule has 6 nitrogen and oxygen atoms in total. The monoisotopic (exact) mass is 261 g/mol. The van der Waals surface area contributed by atoms with Gasteiger partial charge < -0.3 is 14.5 Å². The second kappa shape index (κ2) is 6.53. The van der Waals surface area contributed by atoms with E-state index in [0.717, 1.165) is 5.56 Å². The van der Waals surface area contributed by atoms with Crippen molar-refractivity contribution in [3.8, 4) is 0 Å². The number of rotatable bonds is 5. The number of hydrogen-bond donors (Lipinski definition) is 1. The fraction of sp³-hybridized carbons (Fsp3) is 0.308. The average molecular weight is 261 g/mol. The molecule has 0 fully saturated rings. The first-order valence-electron chi connectivity index (χ1n) is 5.97. The Kier molecular flexibility index (Phi) is 4.49. The molecule has 0 saturated carbocycles. The number of amides is 1. The minimum absolute atomic E-state index is 0.256. The number of carbonyl (C=O) groups excluding carboxylic acids is 1. The molecule has 0 aliphatic carbocycles. The first kappa shape index (κ1) is 13.1. The minimum Gasteiger partial charge on any atom is -0.445 e. The summed E-state index contributed by atoms with van der Waals surface area (Å²) in [5, 5.41) is 10.1. The van der Waals surface area contributed by atoms with Crippen molar-refractivity contribution in [1.29, 1.82) is 0 Å². The van der Waals surface area contributed by atoms with Crippen LogP contribution in [0, 0.1) is 6.92 Å². The smallest absolute Gasteiger partial charge is 0.407 e. The predicted molar refractivity (Wildman–Crippen MR) is 67.4 cm³/mol. The van der Waals surface area contributed by atoms with Crippen LogP contribution in [0.25, 0.3) is 0 Å². The van der Waals surface area contributed by atoms with Crippen molar-refractivity contribution < 1.29 is 13.9 Å². The Morgan fingerprint density at radius 3 is 2.79 bits per heavy atom. The average Bonchev–Trinajstić information content (AvgIpc) is 2.83. The third-order valence-electron chi connectivity index (χ3n) is 2.39. The van der Waals surface area contributed by atoms with E-state index in [-0.39, 0.29) is 6.61 Å². The summed E-state index contributed by atoms with van der Waals surface area (Å²) in [6.07, 6.45) is 0.0291. The quantitative estimate of drug-likeness (QED) is 0.888. The number of hydrogen-bond acceptors (Lipinski definition) is 5. The van der Waals surface area contributed by atoms with Crippen molar-refractivity contribution in [2.45, 2.75) is 20.0 Å². The molecule has 1 N–H and O–H groups in total. The highest BCUT2D eigenvalue weighted by atomic mass is 16.5. The molecular formula is C13H15N3O3. The maximum atomic E-state index is 11.4. The lowest BCUT2D eigenvalue weighted by molar-refractivity contribution is 0.139. The Labute approximate surface area is 110 Å². The number of ether oxygens (including phenoxy) is 1. The zero-order valence-corrected chi connectivity index (χ0v) is 10.6. The number of nitrogens with zero attached hydrogens (tertiary/aromatic N) is 2. The normalized spacial score (nSPS) is 10.2. The summed E-state index contributed by atoms with van der Waals surface area (Å²) in [7, 11) is 0. The lowest BCUT2D eigenvalue weighted by Crippen LogP contribution is -2.26. The number of nitrogens with one attached hydrogen (secondary N) is 1. The lowest BCUT2D eigenvalue weighted by Gasteiger charge is -2.05. The fourth-order valence-corrected chi connectivity index (χ4v) is 1.48. The van der Waals surface area contributed by atoms with Crippen molar-refractivity contribution in [3.05, 3.63) is 47.7 Å². The number of benzene rings is 1. The van der Waals surface area contributed by atoms with E-state index < -0.39 is 6.09 Å². The topological polar surface area (TPSA) is 77.2 Å². The van der Waals surface area contributed by atoms with Crippen LogP contribution in [0.1, 0.15) is 17.3 Å². The summed E-state index contributed by atoms with van der Waals surface area (Å²) in [5.74, 6) is 1.02. The predicted octanol–water partition coefficient (Wildman–Crippen LogP) is 1.85. The number of alkyl carbamates (subject to hydrolysis) is 1. The van der Waals surface area contributed by atoms with Crippen LogP contribution in [0.5, 0.6) is 0 Å². The summed E-state index contributed by atoms with van der Waals surface area (Å²) >= 11 is 0. The molecule has 1 amide bonds. The van der Waals surface area contributed by atoms with Crippen molar-refractivity contribution in [1.82, 2.24) is 15.5 Å². The largest absolute Gasteiger partial charge is 0.445 e. The van der Waals surface area contributed by atoms with Crippen LogP contribution in [0.3, 0.4) is 0 Å². The fourth-order valence-electron chi connectivity index (χ4n) is 1.48.